The second-order valence-corrected chi connectivity index (χ2v) is 5.26. The first-order chi connectivity index (χ1) is 8.65. The maximum Gasteiger partial charge on any atom is 0.232 e. The highest BCUT2D eigenvalue weighted by atomic mass is 79.9. The highest BCUT2D eigenvalue weighted by molar-refractivity contribution is 9.10. The Morgan fingerprint density at radius 2 is 2.17 bits per heavy atom. The van der Waals surface area contributed by atoms with Gasteiger partial charge in [0.25, 0.3) is 0 Å². The number of hydrogen-bond donors (Lipinski definition) is 0. The van der Waals surface area contributed by atoms with E-state index < -0.39 is 0 Å². The number of rotatable bonds is 2. The van der Waals surface area contributed by atoms with Gasteiger partial charge in [0.15, 0.2) is 11.0 Å². The van der Waals surface area contributed by atoms with Crippen LogP contribution in [-0.4, -0.2) is 12.4 Å². The summed E-state index contributed by atoms with van der Waals surface area (Å²) in [6.45, 7) is 0.602. The maximum atomic E-state index is 12.3. The molecule has 0 saturated carbocycles. The Labute approximate surface area is 117 Å². The number of fused-ring (bicyclic) bond motifs is 1. The van der Waals surface area contributed by atoms with Crippen LogP contribution in [0.25, 0.3) is 0 Å². The van der Waals surface area contributed by atoms with Crippen molar-refractivity contribution in [2.75, 3.05) is 6.61 Å². The molecule has 0 unspecified atom stereocenters. The summed E-state index contributed by atoms with van der Waals surface area (Å²) >= 11 is 9.08. The minimum absolute atomic E-state index is 0.200. The van der Waals surface area contributed by atoms with Crippen molar-refractivity contribution in [3.63, 3.8) is 0 Å². The molecule has 18 heavy (non-hydrogen) atoms. The third-order valence-corrected chi connectivity index (χ3v) is 3.45. The van der Waals surface area contributed by atoms with Crippen LogP contribution in [0, 0.1) is 0 Å². The van der Waals surface area contributed by atoms with Crippen molar-refractivity contribution in [2.45, 2.75) is 6.42 Å². The number of furan rings is 1. The van der Waals surface area contributed by atoms with Crippen LogP contribution in [0.3, 0.4) is 0 Å². The Kier molecular flexibility index (Phi) is 2.92. The lowest BCUT2D eigenvalue weighted by atomic mass is 10.0. The van der Waals surface area contributed by atoms with Gasteiger partial charge in [0, 0.05) is 10.9 Å². The number of benzene rings is 1. The fourth-order valence-electron chi connectivity index (χ4n) is 2.01. The van der Waals surface area contributed by atoms with Crippen LogP contribution in [0.5, 0.6) is 5.75 Å². The van der Waals surface area contributed by atoms with Crippen molar-refractivity contribution >= 4 is 33.3 Å². The number of hydrogen-bond acceptors (Lipinski definition) is 3. The van der Waals surface area contributed by atoms with Gasteiger partial charge in [0.2, 0.25) is 5.78 Å². The van der Waals surface area contributed by atoms with Gasteiger partial charge in [-0.3, -0.25) is 4.79 Å². The average molecular weight is 328 g/mol. The highest BCUT2D eigenvalue weighted by Gasteiger charge is 2.24. The Balaban J connectivity index is 2.10. The lowest BCUT2D eigenvalue weighted by Gasteiger charge is -2.06. The van der Waals surface area contributed by atoms with Crippen LogP contribution in [-0.2, 0) is 6.42 Å². The van der Waals surface area contributed by atoms with Gasteiger partial charge in [-0.25, -0.2) is 0 Å². The van der Waals surface area contributed by atoms with Gasteiger partial charge >= 0.3 is 0 Å². The summed E-state index contributed by atoms with van der Waals surface area (Å²) in [5, 5.41) is 0.200. The standard InChI is InChI=1S/C13H8BrClO3/c14-8-5-7-3-4-17-13(7)9(6-8)12(16)10-1-2-11(15)18-10/h1-2,5-6H,3-4H2. The lowest BCUT2D eigenvalue weighted by Crippen LogP contribution is -2.02. The SMILES string of the molecule is O=C(c1ccc(Cl)o1)c1cc(Br)cc2c1OCC2. The molecule has 1 aromatic carbocycles. The zero-order chi connectivity index (χ0) is 12.7. The van der Waals surface area contributed by atoms with E-state index >= 15 is 0 Å². The van der Waals surface area contributed by atoms with Gasteiger partial charge in [0.05, 0.1) is 12.2 Å². The molecule has 0 atom stereocenters. The van der Waals surface area contributed by atoms with E-state index in [9.17, 15) is 4.79 Å². The van der Waals surface area contributed by atoms with Gasteiger partial charge < -0.3 is 9.15 Å². The molecule has 3 nitrogen and oxygen atoms in total. The molecular weight excluding hydrogens is 319 g/mol. The van der Waals surface area contributed by atoms with Crippen molar-refractivity contribution in [1.82, 2.24) is 0 Å². The molecule has 0 radical (unpaired) electrons. The highest BCUT2D eigenvalue weighted by Crippen LogP contribution is 2.34. The zero-order valence-corrected chi connectivity index (χ0v) is 11.5. The van der Waals surface area contributed by atoms with E-state index in [0.717, 1.165) is 16.5 Å². The molecular formula is C13H8BrClO3. The summed E-state index contributed by atoms with van der Waals surface area (Å²) in [5.74, 6) is 0.646. The molecule has 2 aromatic rings. The summed E-state index contributed by atoms with van der Waals surface area (Å²) < 4.78 is 11.5. The smallest absolute Gasteiger partial charge is 0.232 e. The molecule has 2 heterocycles. The lowest BCUT2D eigenvalue weighted by molar-refractivity contribution is 0.101. The van der Waals surface area contributed by atoms with Crippen LogP contribution in [0.1, 0.15) is 21.7 Å². The quantitative estimate of drug-likeness (QED) is 0.786. The predicted molar refractivity (Wildman–Crippen MR) is 70.5 cm³/mol. The molecule has 0 bridgehead atoms. The molecule has 1 aliphatic heterocycles. The maximum absolute atomic E-state index is 12.3. The first kappa shape index (κ1) is 11.8. The number of ether oxygens (including phenoxy) is 1. The molecule has 0 amide bonds. The average Bonchev–Trinajstić information content (AvgIpc) is 2.95. The molecule has 0 fully saturated rings. The van der Waals surface area contributed by atoms with Crippen molar-refractivity contribution in [3.8, 4) is 5.75 Å². The van der Waals surface area contributed by atoms with E-state index in [1.807, 2.05) is 6.07 Å². The molecule has 0 aliphatic carbocycles. The minimum atomic E-state index is -0.221. The number of ketones is 1. The molecule has 92 valence electrons. The first-order valence-electron chi connectivity index (χ1n) is 5.40. The first-order valence-corrected chi connectivity index (χ1v) is 6.57. The summed E-state index contributed by atoms with van der Waals surface area (Å²) in [6.07, 6.45) is 0.813. The Bertz CT molecular complexity index is 633. The summed E-state index contributed by atoms with van der Waals surface area (Å²) in [7, 11) is 0. The Morgan fingerprint density at radius 1 is 1.33 bits per heavy atom. The molecule has 0 N–H and O–H groups in total. The van der Waals surface area contributed by atoms with Crippen molar-refractivity contribution in [3.05, 3.63) is 50.8 Å². The van der Waals surface area contributed by atoms with Crippen LogP contribution < -0.4 is 4.74 Å². The monoisotopic (exact) mass is 326 g/mol. The fraction of sp³-hybridized carbons (Fsp3) is 0.154. The molecule has 1 aliphatic rings. The predicted octanol–water partition coefficient (Wildman–Crippen LogP) is 3.86. The third-order valence-electron chi connectivity index (χ3n) is 2.79. The van der Waals surface area contributed by atoms with E-state index in [0.29, 0.717) is 17.9 Å². The molecule has 3 rings (SSSR count). The third kappa shape index (κ3) is 1.95. The summed E-state index contributed by atoms with van der Waals surface area (Å²) in [4.78, 5) is 12.3. The van der Waals surface area contributed by atoms with E-state index in [4.69, 9.17) is 20.8 Å². The van der Waals surface area contributed by atoms with Crippen LogP contribution >= 0.6 is 27.5 Å². The number of carbonyl (C=O) groups is 1. The van der Waals surface area contributed by atoms with Crippen LogP contribution in [0.2, 0.25) is 5.22 Å². The van der Waals surface area contributed by atoms with Gasteiger partial charge in [-0.2, -0.15) is 0 Å². The minimum Gasteiger partial charge on any atom is -0.492 e. The molecule has 0 saturated heterocycles. The van der Waals surface area contributed by atoms with Gasteiger partial charge in [-0.1, -0.05) is 15.9 Å². The van der Waals surface area contributed by atoms with Gasteiger partial charge in [-0.15, -0.1) is 0 Å². The Hall–Kier alpha value is -1.26. The largest absolute Gasteiger partial charge is 0.492 e. The molecule has 5 heteroatoms. The van der Waals surface area contributed by atoms with Crippen molar-refractivity contribution in [1.29, 1.82) is 0 Å². The van der Waals surface area contributed by atoms with E-state index in [1.54, 1.807) is 18.2 Å². The number of halogens is 2. The van der Waals surface area contributed by atoms with Gasteiger partial charge in [0.1, 0.15) is 5.75 Å². The topological polar surface area (TPSA) is 39.4 Å². The summed E-state index contributed by atoms with van der Waals surface area (Å²) in [6, 6.07) is 6.82. The fourth-order valence-corrected chi connectivity index (χ4v) is 2.66. The second-order valence-electron chi connectivity index (χ2n) is 3.97. The van der Waals surface area contributed by atoms with E-state index in [2.05, 4.69) is 15.9 Å². The van der Waals surface area contributed by atoms with Crippen LogP contribution in [0.4, 0.5) is 0 Å². The van der Waals surface area contributed by atoms with Crippen molar-refractivity contribution in [2.24, 2.45) is 0 Å². The van der Waals surface area contributed by atoms with Gasteiger partial charge in [-0.05, 0) is 41.4 Å². The van der Waals surface area contributed by atoms with E-state index in [1.165, 1.54) is 0 Å². The second kappa shape index (κ2) is 4.44. The molecule has 1 aromatic heterocycles. The number of carbonyl (C=O) groups excluding carboxylic acids is 1. The Morgan fingerprint density at radius 3 is 2.89 bits per heavy atom. The van der Waals surface area contributed by atoms with E-state index in [-0.39, 0.29) is 16.8 Å². The van der Waals surface area contributed by atoms with Crippen molar-refractivity contribution < 1.29 is 13.9 Å². The zero-order valence-electron chi connectivity index (χ0n) is 9.20. The molecule has 0 spiro atoms. The normalized spacial score (nSPS) is 13.2. The van der Waals surface area contributed by atoms with Crippen LogP contribution in [0.15, 0.2) is 33.2 Å². The summed E-state index contributed by atoms with van der Waals surface area (Å²) in [5.41, 5.74) is 1.54.